The van der Waals surface area contributed by atoms with Gasteiger partial charge in [0.15, 0.2) is 0 Å². The molecule has 9 nitrogen and oxygen atoms in total. The molecule has 0 aromatic carbocycles. The van der Waals surface area contributed by atoms with E-state index >= 15 is 0 Å². The lowest BCUT2D eigenvalue weighted by Gasteiger charge is -2.26. The molecular weight excluding hydrogens is 270 g/mol. The average Bonchev–Trinajstić information content (AvgIpc) is 2.64. The monoisotopic (exact) mass is 283 g/mol. The SMILES string of the molecule is CC(O)C1OC(C#N)(n2ccc(=O)[nH]c2=O)C(O)C1O. The first-order valence-corrected chi connectivity index (χ1v) is 5.79. The number of aromatic nitrogens is 2. The molecule has 4 N–H and O–H groups in total. The van der Waals surface area contributed by atoms with E-state index in [1.807, 2.05) is 4.98 Å². The molecule has 1 aromatic rings. The molecule has 108 valence electrons. The van der Waals surface area contributed by atoms with Gasteiger partial charge in [-0.25, -0.2) is 4.79 Å². The molecule has 9 heteroatoms. The number of nitrogens with zero attached hydrogens (tertiary/aromatic N) is 2. The number of aliphatic hydroxyl groups is 3. The van der Waals surface area contributed by atoms with Crippen molar-refractivity contribution in [2.75, 3.05) is 0 Å². The number of aliphatic hydroxyl groups excluding tert-OH is 3. The van der Waals surface area contributed by atoms with Gasteiger partial charge in [-0.2, -0.15) is 5.26 Å². The molecule has 2 rings (SSSR count). The fourth-order valence-corrected chi connectivity index (χ4v) is 2.17. The number of nitriles is 1. The van der Waals surface area contributed by atoms with Gasteiger partial charge in [0.2, 0.25) is 0 Å². The first-order valence-electron chi connectivity index (χ1n) is 5.79. The van der Waals surface area contributed by atoms with Gasteiger partial charge in [-0.15, -0.1) is 0 Å². The van der Waals surface area contributed by atoms with Crippen molar-refractivity contribution >= 4 is 0 Å². The Balaban J connectivity index is 2.59. The Labute approximate surface area is 112 Å². The number of H-pyrrole nitrogens is 1. The third-order valence-corrected chi connectivity index (χ3v) is 3.19. The molecular formula is C11H13N3O6. The molecule has 0 spiro atoms. The van der Waals surface area contributed by atoms with Crippen LogP contribution < -0.4 is 11.2 Å². The van der Waals surface area contributed by atoms with Crippen molar-refractivity contribution in [3.8, 4) is 6.07 Å². The van der Waals surface area contributed by atoms with Gasteiger partial charge in [0.1, 0.15) is 24.4 Å². The summed E-state index contributed by atoms with van der Waals surface area (Å²) in [6.45, 7) is 1.31. The number of aromatic amines is 1. The molecule has 1 fully saturated rings. The van der Waals surface area contributed by atoms with E-state index in [-0.39, 0.29) is 0 Å². The second-order valence-corrected chi connectivity index (χ2v) is 4.55. The zero-order valence-corrected chi connectivity index (χ0v) is 10.4. The second-order valence-electron chi connectivity index (χ2n) is 4.55. The van der Waals surface area contributed by atoms with Crippen LogP contribution in [-0.4, -0.2) is 49.3 Å². The summed E-state index contributed by atoms with van der Waals surface area (Å²) >= 11 is 0. The standard InChI is InChI=1S/C11H13N3O6/c1-5(15)8-7(17)9(18)11(4-12,20-8)14-3-2-6(16)13-10(14)19/h2-3,5,7-9,15,17-18H,1H3,(H,13,16,19). The molecule has 1 saturated heterocycles. The van der Waals surface area contributed by atoms with Crippen LogP contribution in [0.2, 0.25) is 0 Å². The van der Waals surface area contributed by atoms with Gasteiger partial charge in [0, 0.05) is 12.3 Å². The van der Waals surface area contributed by atoms with Gasteiger partial charge in [0.25, 0.3) is 11.3 Å². The Morgan fingerprint density at radius 3 is 2.65 bits per heavy atom. The number of ether oxygens (including phenoxy) is 1. The lowest BCUT2D eigenvalue weighted by molar-refractivity contribution is -0.124. The highest BCUT2D eigenvalue weighted by atomic mass is 16.6. The maximum atomic E-state index is 11.7. The van der Waals surface area contributed by atoms with Crippen LogP contribution in [0.1, 0.15) is 6.92 Å². The fraction of sp³-hybridized carbons (Fsp3) is 0.545. The van der Waals surface area contributed by atoms with E-state index < -0.39 is 41.4 Å². The molecule has 1 aliphatic rings. The fourth-order valence-electron chi connectivity index (χ4n) is 2.17. The normalized spacial score (nSPS) is 34.6. The minimum Gasteiger partial charge on any atom is -0.391 e. The van der Waals surface area contributed by atoms with E-state index in [2.05, 4.69) is 0 Å². The molecule has 20 heavy (non-hydrogen) atoms. The quantitative estimate of drug-likeness (QED) is 0.458. The van der Waals surface area contributed by atoms with Crippen LogP contribution in [-0.2, 0) is 10.5 Å². The van der Waals surface area contributed by atoms with Crippen LogP contribution in [0.25, 0.3) is 0 Å². The number of hydrogen-bond donors (Lipinski definition) is 4. The summed E-state index contributed by atoms with van der Waals surface area (Å²) in [5.74, 6) is 0. The molecule has 0 amide bonds. The van der Waals surface area contributed by atoms with Gasteiger partial charge in [-0.1, -0.05) is 0 Å². The number of hydrogen-bond acceptors (Lipinski definition) is 7. The van der Waals surface area contributed by atoms with E-state index in [0.717, 1.165) is 12.3 Å². The lowest BCUT2D eigenvalue weighted by Crippen LogP contribution is -2.50. The molecule has 5 unspecified atom stereocenters. The summed E-state index contributed by atoms with van der Waals surface area (Å²) in [6, 6.07) is 2.59. The molecule has 0 aliphatic carbocycles. The topological polar surface area (TPSA) is 149 Å². The second kappa shape index (κ2) is 4.84. The van der Waals surface area contributed by atoms with Gasteiger partial charge in [-0.3, -0.25) is 14.3 Å². The lowest BCUT2D eigenvalue weighted by atomic mass is 10.0. The third kappa shape index (κ3) is 1.95. The smallest absolute Gasteiger partial charge is 0.331 e. The molecule has 0 radical (unpaired) electrons. The summed E-state index contributed by atoms with van der Waals surface area (Å²) in [5.41, 5.74) is -3.88. The van der Waals surface area contributed by atoms with Crippen molar-refractivity contribution < 1.29 is 20.1 Å². The average molecular weight is 283 g/mol. The van der Waals surface area contributed by atoms with Crippen molar-refractivity contribution in [3.63, 3.8) is 0 Å². The van der Waals surface area contributed by atoms with Crippen LogP contribution >= 0.6 is 0 Å². The summed E-state index contributed by atoms with van der Waals surface area (Å²) in [4.78, 5) is 24.7. The minimum atomic E-state index is -2.22. The Morgan fingerprint density at radius 1 is 1.55 bits per heavy atom. The first kappa shape index (κ1) is 14.4. The van der Waals surface area contributed by atoms with Gasteiger partial charge in [0.05, 0.1) is 6.10 Å². The van der Waals surface area contributed by atoms with Crippen molar-refractivity contribution in [1.29, 1.82) is 5.26 Å². The maximum absolute atomic E-state index is 11.7. The minimum absolute atomic E-state index is 0.671. The van der Waals surface area contributed by atoms with Crippen LogP contribution in [0.5, 0.6) is 0 Å². The predicted molar refractivity (Wildman–Crippen MR) is 63.5 cm³/mol. The summed E-state index contributed by atoms with van der Waals surface area (Å²) in [5, 5.41) is 38.6. The zero-order valence-electron chi connectivity index (χ0n) is 10.4. The van der Waals surface area contributed by atoms with Crippen LogP contribution in [0.15, 0.2) is 21.9 Å². The van der Waals surface area contributed by atoms with E-state index in [4.69, 9.17) is 4.74 Å². The van der Waals surface area contributed by atoms with Crippen molar-refractivity contribution in [1.82, 2.24) is 9.55 Å². The maximum Gasteiger partial charge on any atom is 0.331 e. The van der Waals surface area contributed by atoms with E-state index in [1.54, 1.807) is 6.07 Å². The summed E-state index contributed by atoms with van der Waals surface area (Å²) in [7, 11) is 0. The van der Waals surface area contributed by atoms with E-state index in [0.29, 0.717) is 4.57 Å². The summed E-state index contributed by atoms with van der Waals surface area (Å²) in [6.07, 6.45) is -4.77. The Morgan fingerprint density at radius 2 is 2.20 bits per heavy atom. The summed E-state index contributed by atoms with van der Waals surface area (Å²) < 4.78 is 5.89. The van der Waals surface area contributed by atoms with Gasteiger partial charge < -0.3 is 20.1 Å². The Kier molecular flexibility index (Phi) is 3.49. The first-order chi connectivity index (χ1) is 9.33. The van der Waals surface area contributed by atoms with Crippen molar-refractivity contribution in [3.05, 3.63) is 33.1 Å². The van der Waals surface area contributed by atoms with Crippen molar-refractivity contribution in [2.45, 2.75) is 37.1 Å². The molecule has 1 aromatic heterocycles. The van der Waals surface area contributed by atoms with Gasteiger partial charge >= 0.3 is 5.69 Å². The van der Waals surface area contributed by atoms with E-state index in [9.17, 15) is 30.2 Å². The van der Waals surface area contributed by atoms with Crippen LogP contribution in [0, 0.1) is 11.3 Å². The highest BCUT2D eigenvalue weighted by molar-refractivity contribution is 5.13. The molecule has 2 heterocycles. The van der Waals surface area contributed by atoms with Crippen molar-refractivity contribution in [2.24, 2.45) is 0 Å². The number of rotatable bonds is 2. The molecule has 0 bridgehead atoms. The highest BCUT2D eigenvalue weighted by Gasteiger charge is 2.58. The molecule has 5 atom stereocenters. The van der Waals surface area contributed by atoms with Crippen LogP contribution in [0.4, 0.5) is 0 Å². The van der Waals surface area contributed by atoms with Gasteiger partial charge in [-0.05, 0) is 6.92 Å². The predicted octanol–water partition coefficient (Wildman–Crippen LogP) is -2.79. The highest BCUT2D eigenvalue weighted by Crippen LogP contribution is 2.35. The third-order valence-electron chi connectivity index (χ3n) is 3.19. The zero-order chi connectivity index (χ0) is 15.1. The van der Waals surface area contributed by atoms with Crippen LogP contribution in [0.3, 0.4) is 0 Å². The molecule has 1 aliphatic heterocycles. The largest absolute Gasteiger partial charge is 0.391 e. The Hall–Kier alpha value is -1.99. The molecule has 0 saturated carbocycles. The van der Waals surface area contributed by atoms with E-state index in [1.165, 1.54) is 6.92 Å². The Bertz CT molecular complexity index is 659. The number of nitrogens with one attached hydrogen (secondary N) is 1.